The summed E-state index contributed by atoms with van der Waals surface area (Å²) in [6.45, 7) is 2.42. The summed E-state index contributed by atoms with van der Waals surface area (Å²) in [6, 6.07) is 6.81. The maximum Gasteiger partial charge on any atom is 0.257 e. The van der Waals surface area contributed by atoms with Crippen molar-refractivity contribution < 1.29 is 9.59 Å². The maximum atomic E-state index is 12.3. The van der Waals surface area contributed by atoms with Crippen molar-refractivity contribution in [1.82, 2.24) is 14.5 Å². The lowest BCUT2D eigenvalue weighted by molar-refractivity contribution is -0.116. The Labute approximate surface area is 148 Å². The van der Waals surface area contributed by atoms with Gasteiger partial charge in [-0.15, -0.1) is 11.3 Å². The van der Waals surface area contributed by atoms with E-state index in [1.54, 1.807) is 43.0 Å². The summed E-state index contributed by atoms with van der Waals surface area (Å²) in [5.74, 6) is -0.384. The molecule has 0 saturated heterocycles. The van der Waals surface area contributed by atoms with Gasteiger partial charge in [-0.25, -0.2) is 9.97 Å². The summed E-state index contributed by atoms with van der Waals surface area (Å²) in [5, 5.41) is 7.97. The Balaban J connectivity index is 1.58. The second-order valence-electron chi connectivity index (χ2n) is 5.43. The zero-order valence-electron chi connectivity index (χ0n) is 13.6. The van der Waals surface area contributed by atoms with Crippen molar-refractivity contribution >= 4 is 34.0 Å². The van der Waals surface area contributed by atoms with Crippen LogP contribution in [0.1, 0.15) is 22.5 Å². The lowest BCUT2D eigenvalue weighted by Crippen LogP contribution is -2.15. The summed E-state index contributed by atoms with van der Waals surface area (Å²) in [4.78, 5) is 32.4. The summed E-state index contributed by atoms with van der Waals surface area (Å²) >= 11 is 1.37. The first-order valence-electron chi connectivity index (χ1n) is 7.69. The van der Waals surface area contributed by atoms with Gasteiger partial charge >= 0.3 is 0 Å². The molecule has 0 bridgehead atoms. The Morgan fingerprint density at radius 1 is 1.28 bits per heavy atom. The lowest BCUT2D eigenvalue weighted by Gasteiger charge is -2.08. The van der Waals surface area contributed by atoms with E-state index in [1.807, 2.05) is 16.9 Å². The van der Waals surface area contributed by atoms with Crippen molar-refractivity contribution in [3.63, 3.8) is 0 Å². The van der Waals surface area contributed by atoms with Crippen molar-refractivity contribution in [2.24, 2.45) is 0 Å². The molecule has 3 aromatic rings. The Kier molecular flexibility index (Phi) is 5.20. The fourth-order valence-corrected chi connectivity index (χ4v) is 2.88. The molecule has 0 unspecified atom stereocenters. The predicted octanol–water partition coefficient (Wildman–Crippen LogP) is 2.93. The van der Waals surface area contributed by atoms with Crippen LogP contribution in [0.3, 0.4) is 0 Å². The van der Waals surface area contributed by atoms with Crippen LogP contribution in [0.25, 0.3) is 0 Å². The molecule has 0 fully saturated rings. The molecule has 0 aliphatic heterocycles. The summed E-state index contributed by atoms with van der Waals surface area (Å²) in [5.41, 5.74) is 1.90. The summed E-state index contributed by atoms with van der Waals surface area (Å²) in [7, 11) is 0. The van der Waals surface area contributed by atoms with E-state index in [0.717, 1.165) is 5.69 Å². The number of carbonyl (C=O) groups is 2. The van der Waals surface area contributed by atoms with E-state index in [9.17, 15) is 9.59 Å². The van der Waals surface area contributed by atoms with Crippen molar-refractivity contribution in [3.8, 4) is 0 Å². The smallest absolute Gasteiger partial charge is 0.257 e. The number of aryl methyl sites for hydroxylation is 2. The number of imidazole rings is 1. The van der Waals surface area contributed by atoms with E-state index in [-0.39, 0.29) is 11.8 Å². The lowest BCUT2D eigenvalue weighted by atomic mass is 10.2. The van der Waals surface area contributed by atoms with Gasteiger partial charge in [0.2, 0.25) is 5.91 Å². The van der Waals surface area contributed by atoms with E-state index < -0.39 is 0 Å². The molecule has 128 valence electrons. The number of anilines is 2. The Bertz CT molecular complexity index is 873. The van der Waals surface area contributed by atoms with Gasteiger partial charge in [-0.2, -0.15) is 0 Å². The quantitative estimate of drug-likeness (QED) is 0.711. The van der Waals surface area contributed by atoms with E-state index in [2.05, 4.69) is 20.6 Å². The molecule has 0 saturated carbocycles. The predicted molar refractivity (Wildman–Crippen MR) is 96.7 cm³/mol. The van der Waals surface area contributed by atoms with Crippen LogP contribution in [-0.2, 0) is 11.3 Å². The number of rotatable bonds is 6. The number of nitrogens with one attached hydrogen (secondary N) is 2. The maximum absolute atomic E-state index is 12.3. The van der Waals surface area contributed by atoms with Crippen LogP contribution in [0.4, 0.5) is 10.8 Å². The minimum atomic E-state index is -0.260. The first-order valence-corrected chi connectivity index (χ1v) is 8.57. The monoisotopic (exact) mass is 355 g/mol. The second-order valence-corrected chi connectivity index (χ2v) is 6.29. The van der Waals surface area contributed by atoms with E-state index in [0.29, 0.717) is 29.3 Å². The number of amides is 2. The molecule has 2 aromatic heterocycles. The van der Waals surface area contributed by atoms with Gasteiger partial charge in [0.1, 0.15) is 0 Å². The minimum Gasteiger partial charge on any atom is -0.337 e. The van der Waals surface area contributed by atoms with Crippen LogP contribution in [0.5, 0.6) is 0 Å². The zero-order valence-corrected chi connectivity index (χ0v) is 14.4. The first kappa shape index (κ1) is 16.8. The number of thiazole rings is 1. The van der Waals surface area contributed by atoms with Gasteiger partial charge in [-0.05, 0) is 25.1 Å². The molecule has 8 heteroatoms. The highest BCUT2D eigenvalue weighted by Gasteiger charge is 2.10. The molecular weight excluding hydrogens is 338 g/mol. The van der Waals surface area contributed by atoms with Crippen molar-refractivity contribution in [3.05, 3.63) is 59.6 Å². The second kappa shape index (κ2) is 7.71. The molecule has 2 N–H and O–H groups in total. The van der Waals surface area contributed by atoms with Crippen molar-refractivity contribution in [2.75, 3.05) is 10.6 Å². The fraction of sp³-hybridized carbons (Fsp3) is 0.176. The van der Waals surface area contributed by atoms with Gasteiger partial charge in [0.05, 0.1) is 12.0 Å². The largest absolute Gasteiger partial charge is 0.337 e. The van der Waals surface area contributed by atoms with Gasteiger partial charge in [-0.3, -0.25) is 14.9 Å². The van der Waals surface area contributed by atoms with E-state index >= 15 is 0 Å². The van der Waals surface area contributed by atoms with Gasteiger partial charge in [0, 0.05) is 42.0 Å². The molecule has 2 amide bonds. The molecule has 1 aromatic carbocycles. The fourth-order valence-electron chi connectivity index (χ4n) is 2.19. The van der Waals surface area contributed by atoms with Gasteiger partial charge in [-0.1, -0.05) is 6.07 Å². The highest BCUT2D eigenvalue weighted by Crippen LogP contribution is 2.17. The average Bonchev–Trinajstić information content (AvgIpc) is 3.25. The number of carbonyl (C=O) groups excluding carboxylic acids is 2. The SMILES string of the molecule is Cc1csc(NC(=O)c2cccc(NC(=O)CCn3ccnc3)c2)n1. The third-order valence-electron chi connectivity index (χ3n) is 3.40. The third kappa shape index (κ3) is 4.74. The van der Waals surface area contributed by atoms with E-state index in [1.165, 1.54) is 11.3 Å². The Hall–Kier alpha value is -3.00. The molecule has 0 radical (unpaired) electrons. The number of aromatic nitrogens is 3. The first-order chi connectivity index (χ1) is 12.1. The van der Waals surface area contributed by atoms with Crippen molar-refractivity contribution in [1.29, 1.82) is 0 Å². The molecule has 0 aliphatic carbocycles. The average molecular weight is 355 g/mol. The highest BCUT2D eigenvalue weighted by molar-refractivity contribution is 7.13. The molecule has 2 heterocycles. The van der Waals surface area contributed by atoms with Crippen LogP contribution in [0.15, 0.2) is 48.4 Å². The highest BCUT2D eigenvalue weighted by atomic mass is 32.1. The Morgan fingerprint density at radius 3 is 2.88 bits per heavy atom. The van der Waals surface area contributed by atoms with Crippen molar-refractivity contribution in [2.45, 2.75) is 19.9 Å². The molecule has 3 rings (SSSR count). The molecular formula is C17H17N5O2S. The number of hydrogen-bond acceptors (Lipinski definition) is 5. The van der Waals surface area contributed by atoms with Gasteiger partial charge in [0.25, 0.3) is 5.91 Å². The van der Waals surface area contributed by atoms with Gasteiger partial charge in [0.15, 0.2) is 5.13 Å². The van der Waals surface area contributed by atoms with Crippen LogP contribution in [0, 0.1) is 6.92 Å². The van der Waals surface area contributed by atoms with Crippen LogP contribution in [-0.4, -0.2) is 26.3 Å². The normalized spacial score (nSPS) is 10.4. The van der Waals surface area contributed by atoms with Gasteiger partial charge < -0.3 is 9.88 Å². The standard InChI is InChI=1S/C17H17N5O2S/c1-12-10-25-17(19-12)21-16(24)13-3-2-4-14(9-13)20-15(23)5-7-22-8-6-18-11-22/h2-4,6,8-11H,5,7H2,1H3,(H,20,23)(H,19,21,24). The van der Waals surface area contributed by atoms with Crippen LogP contribution >= 0.6 is 11.3 Å². The van der Waals surface area contributed by atoms with Crippen LogP contribution < -0.4 is 10.6 Å². The number of benzene rings is 1. The van der Waals surface area contributed by atoms with Crippen LogP contribution in [0.2, 0.25) is 0 Å². The zero-order chi connectivity index (χ0) is 17.6. The molecule has 0 aliphatic rings. The number of hydrogen-bond donors (Lipinski definition) is 2. The molecule has 0 spiro atoms. The van der Waals surface area contributed by atoms with E-state index in [4.69, 9.17) is 0 Å². The minimum absolute atomic E-state index is 0.123. The molecule has 0 atom stereocenters. The molecule has 25 heavy (non-hydrogen) atoms. The third-order valence-corrected chi connectivity index (χ3v) is 4.28. The number of nitrogens with zero attached hydrogens (tertiary/aromatic N) is 3. The molecule has 7 nitrogen and oxygen atoms in total. The summed E-state index contributed by atoms with van der Waals surface area (Å²) in [6.07, 6.45) is 5.46. The Morgan fingerprint density at radius 2 is 2.16 bits per heavy atom. The topological polar surface area (TPSA) is 88.9 Å². The summed E-state index contributed by atoms with van der Waals surface area (Å²) < 4.78 is 1.83.